The Morgan fingerprint density at radius 3 is 2.18 bits per heavy atom. The zero-order valence-electron chi connectivity index (χ0n) is 13.4. The van der Waals surface area contributed by atoms with Gasteiger partial charge in [-0.25, -0.2) is 4.79 Å². The summed E-state index contributed by atoms with van der Waals surface area (Å²) in [4.78, 5) is 12.5. The summed E-state index contributed by atoms with van der Waals surface area (Å²) in [5.41, 5.74) is 4.65. The fourth-order valence-electron chi connectivity index (χ4n) is 2.82. The molecule has 0 N–H and O–H groups in total. The maximum Gasteiger partial charge on any atom is 0.420 e. The van der Waals surface area contributed by atoms with Gasteiger partial charge in [0, 0.05) is 0 Å². The van der Waals surface area contributed by atoms with Gasteiger partial charge in [0.15, 0.2) is 6.16 Å². The van der Waals surface area contributed by atoms with Crippen molar-refractivity contribution in [3.05, 3.63) is 70.3 Å². The highest BCUT2D eigenvalue weighted by Gasteiger charge is 2.31. The molecule has 114 valence electrons. The van der Waals surface area contributed by atoms with Crippen LogP contribution in [-0.2, 0) is 11.0 Å². The van der Waals surface area contributed by atoms with Crippen LogP contribution in [0.15, 0.2) is 42.5 Å². The van der Waals surface area contributed by atoms with E-state index in [2.05, 4.69) is 12.1 Å². The molecule has 0 aromatic heterocycles. The summed E-state index contributed by atoms with van der Waals surface area (Å²) < 4.78 is 12.3. The molecule has 0 amide bonds. The van der Waals surface area contributed by atoms with Crippen LogP contribution in [0.1, 0.15) is 39.0 Å². The molecule has 3 heteroatoms. The van der Waals surface area contributed by atoms with Crippen molar-refractivity contribution in [2.75, 3.05) is 6.16 Å². The van der Waals surface area contributed by atoms with Crippen LogP contribution in [0.3, 0.4) is 0 Å². The maximum absolute atomic E-state index is 12.5. The van der Waals surface area contributed by atoms with Gasteiger partial charge in [0.05, 0.1) is 5.56 Å². The fraction of sp³-hybridized carbons (Fsp3) is 0.316. The molecule has 2 rings (SSSR count). The van der Waals surface area contributed by atoms with Crippen molar-refractivity contribution in [3.63, 3.8) is 0 Å². The number of carbonyl (C=O) groups excluding carboxylic acids is 1. The number of hydrogen-bond acceptors (Lipinski definition) is 2. The quantitative estimate of drug-likeness (QED) is 0.686. The van der Waals surface area contributed by atoms with Gasteiger partial charge >= 0.3 is 13.3 Å². The molecule has 0 aliphatic carbocycles. The lowest BCUT2D eigenvalue weighted by Crippen LogP contribution is -2.03. The molecule has 0 saturated heterocycles. The summed E-state index contributed by atoms with van der Waals surface area (Å²) in [6, 6.07) is 14.1. The van der Waals surface area contributed by atoms with E-state index in [0.717, 1.165) is 29.5 Å². The van der Waals surface area contributed by atoms with Crippen molar-refractivity contribution < 1.29 is 9.36 Å². The molecule has 0 heterocycles. The van der Waals surface area contributed by atoms with Crippen LogP contribution in [-0.4, -0.2) is 11.7 Å². The van der Waals surface area contributed by atoms with Crippen molar-refractivity contribution in [2.45, 2.75) is 33.6 Å². The van der Waals surface area contributed by atoms with E-state index in [-0.39, 0.29) is 5.52 Å². The Bertz CT molecular complexity index is 667. The van der Waals surface area contributed by atoms with Gasteiger partial charge in [-0.15, -0.1) is 0 Å². The van der Waals surface area contributed by atoms with Crippen molar-refractivity contribution in [3.8, 4) is 0 Å². The lowest BCUT2D eigenvalue weighted by molar-refractivity contribution is 0.107. The minimum atomic E-state index is -1.85. The van der Waals surface area contributed by atoms with Crippen LogP contribution < -0.4 is 0 Å². The second kappa shape index (κ2) is 7.47. The molecule has 0 bridgehead atoms. The topological polar surface area (TPSA) is 34.1 Å². The molecule has 0 fully saturated rings. The van der Waals surface area contributed by atoms with Gasteiger partial charge in [0.2, 0.25) is 0 Å². The van der Waals surface area contributed by atoms with E-state index in [4.69, 9.17) is 0 Å². The molecule has 2 aromatic carbocycles. The maximum atomic E-state index is 12.5. The first-order chi connectivity index (χ1) is 10.5. The zero-order valence-corrected chi connectivity index (χ0v) is 14.3. The Kier molecular flexibility index (Phi) is 5.63. The van der Waals surface area contributed by atoms with Gasteiger partial charge in [-0.1, -0.05) is 52.6 Å². The van der Waals surface area contributed by atoms with Gasteiger partial charge in [0.1, 0.15) is 0 Å². The van der Waals surface area contributed by atoms with Crippen molar-refractivity contribution in [1.82, 2.24) is 0 Å². The summed E-state index contributed by atoms with van der Waals surface area (Å²) in [6.07, 6.45) is 2.09. The van der Waals surface area contributed by atoms with E-state index in [0.29, 0.717) is 11.7 Å². The standard InChI is InChI=1S/C19H22O2P/c1-14-12-15(2)18(16(3)13-14)19(20)22(21)11-7-10-17-8-5-4-6-9-17/h4-6,8-9,12-13H,7,10-11H2,1-3H3/q+1. The number of hydrogen-bond donors (Lipinski definition) is 0. The highest BCUT2D eigenvalue weighted by atomic mass is 31.1. The Morgan fingerprint density at radius 1 is 1.00 bits per heavy atom. The van der Waals surface area contributed by atoms with Crippen molar-refractivity contribution in [1.29, 1.82) is 0 Å². The van der Waals surface area contributed by atoms with Crippen LogP contribution in [0, 0.1) is 20.8 Å². The average Bonchev–Trinajstić information content (AvgIpc) is 2.47. The molecule has 1 atom stereocenters. The molecule has 22 heavy (non-hydrogen) atoms. The molecule has 0 aliphatic rings. The third kappa shape index (κ3) is 4.11. The fourth-order valence-corrected chi connectivity index (χ4v) is 4.07. The minimum absolute atomic E-state index is 0.196. The van der Waals surface area contributed by atoms with Crippen molar-refractivity contribution in [2.24, 2.45) is 0 Å². The number of aryl methyl sites for hydroxylation is 4. The minimum Gasteiger partial charge on any atom is -0.234 e. The van der Waals surface area contributed by atoms with Gasteiger partial charge in [0.25, 0.3) is 0 Å². The highest BCUT2D eigenvalue weighted by Crippen LogP contribution is 2.31. The zero-order chi connectivity index (χ0) is 16.1. The van der Waals surface area contributed by atoms with E-state index in [9.17, 15) is 9.36 Å². The summed E-state index contributed by atoms with van der Waals surface area (Å²) in [5.74, 6) is 0. The predicted octanol–water partition coefficient (Wildman–Crippen LogP) is 5.21. The molecular formula is C19H22O2P+. The van der Waals surface area contributed by atoms with Crippen molar-refractivity contribution >= 4 is 13.3 Å². The Labute approximate surface area is 133 Å². The molecule has 0 aliphatic heterocycles. The molecule has 0 saturated carbocycles. The van der Waals surface area contributed by atoms with Crippen LogP contribution >= 0.6 is 7.80 Å². The Balaban J connectivity index is 2.00. The third-order valence-electron chi connectivity index (χ3n) is 3.79. The van der Waals surface area contributed by atoms with Crippen LogP contribution in [0.4, 0.5) is 0 Å². The lowest BCUT2D eigenvalue weighted by Gasteiger charge is -2.05. The first-order valence-electron chi connectivity index (χ1n) is 7.60. The van der Waals surface area contributed by atoms with Crippen LogP contribution in [0.2, 0.25) is 0 Å². The monoisotopic (exact) mass is 313 g/mol. The lowest BCUT2D eigenvalue weighted by atomic mass is 10.0. The van der Waals surface area contributed by atoms with E-state index in [1.807, 2.05) is 51.1 Å². The van der Waals surface area contributed by atoms with E-state index in [1.54, 1.807) is 0 Å². The molecule has 1 unspecified atom stereocenters. The average molecular weight is 313 g/mol. The summed E-state index contributed by atoms with van der Waals surface area (Å²) in [7, 11) is -1.85. The summed E-state index contributed by atoms with van der Waals surface area (Å²) >= 11 is 0. The van der Waals surface area contributed by atoms with Gasteiger partial charge in [-0.3, -0.25) is 0 Å². The van der Waals surface area contributed by atoms with Gasteiger partial charge in [-0.2, -0.15) is 0 Å². The molecule has 0 spiro atoms. The largest absolute Gasteiger partial charge is 0.420 e. The normalized spacial score (nSPS) is 11.3. The molecule has 2 aromatic rings. The molecule has 0 radical (unpaired) electrons. The third-order valence-corrected chi connectivity index (χ3v) is 5.19. The highest BCUT2D eigenvalue weighted by molar-refractivity contribution is 7.64. The Morgan fingerprint density at radius 2 is 1.59 bits per heavy atom. The molecular weight excluding hydrogens is 291 g/mol. The summed E-state index contributed by atoms with van der Waals surface area (Å²) in [5, 5.41) is 0. The van der Waals surface area contributed by atoms with E-state index < -0.39 is 7.80 Å². The SMILES string of the molecule is Cc1cc(C)c(C(=O)[P+](=O)CCCc2ccccc2)c(C)c1. The number of benzene rings is 2. The first-order valence-corrected chi connectivity index (χ1v) is 9.04. The number of carbonyl (C=O) groups is 1. The van der Waals surface area contributed by atoms with Crippen LogP contribution in [0.25, 0.3) is 0 Å². The number of rotatable bonds is 6. The molecule has 2 nitrogen and oxygen atoms in total. The van der Waals surface area contributed by atoms with E-state index in [1.165, 1.54) is 5.56 Å². The second-order valence-electron chi connectivity index (χ2n) is 5.77. The van der Waals surface area contributed by atoms with Crippen LogP contribution in [0.5, 0.6) is 0 Å². The smallest absolute Gasteiger partial charge is 0.234 e. The first kappa shape index (κ1) is 16.6. The van der Waals surface area contributed by atoms with Gasteiger partial charge in [-0.05, 0) is 50.3 Å². The predicted molar refractivity (Wildman–Crippen MR) is 92.2 cm³/mol. The van der Waals surface area contributed by atoms with E-state index >= 15 is 0 Å². The van der Waals surface area contributed by atoms with Gasteiger partial charge < -0.3 is 0 Å². The summed E-state index contributed by atoms with van der Waals surface area (Å²) in [6.45, 7) is 5.84. The second-order valence-corrected chi connectivity index (χ2v) is 7.38. The Hall–Kier alpha value is -1.79.